The van der Waals surface area contributed by atoms with E-state index < -0.39 is 8.32 Å². The van der Waals surface area contributed by atoms with Gasteiger partial charge in [-0.1, -0.05) is 112 Å². The van der Waals surface area contributed by atoms with Gasteiger partial charge in [0, 0.05) is 12.5 Å². The molecule has 0 radical (unpaired) electrons. The Bertz CT molecular complexity index is 802. The predicted molar refractivity (Wildman–Crippen MR) is 120 cm³/mol. The molecule has 0 fully saturated rings. The third-order valence-corrected chi connectivity index (χ3v) is 10.4. The minimum Gasteiger partial charge on any atom is -0.407 e. The molecule has 3 rings (SSSR count). The number of hydrogen-bond donors (Lipinski definition) is 1. The van der Waals surface area contributed by atoms with Crippen molar-refractivity contribution in [3.05, 3.63) is 96.6 Å². The largest absolute Gasteiger partial charge is 0.407 e. The zero-order chi connectivity index (χ0) is 20.0. The van der Waals surface area contributed by atoms with Crippen LogP contribution in [0.15, 0.2) is 91.0 Å². The molecule has 0 saturated carbocycles. The Balaban J connectivity index is 2.06. The second-order valence-electron chi connectivity index (χ2n) is 8.26. The van der Waals surface area contributed by atoms with E-state index in [4.69, 9.17) is 4.43 Å². The second kappa shape index (κ2) is 8.87. The monoisotopic (exact) mass is 390 g/mol. The van der Waals surface area contributed by atoms with Crippen molar-refractivity contribution in [3.63, 3.8) is 0 Å². The highest BCUT2D eigenvalue weighted by Crippen LogP contribution is 2.37. The Hall–Kier alpha value is -2.20. The molecule has 1 atom stereocenters. The van der Waals surface area contributed by atoms with E-state index in [0.29, 0.717) is 6.61 Å². The summed E-state index contributed by atoms with van der Waals surface area (Å²) in [6.07, 6.45) is 0. The van der Waals surface area contributed by atoms with E-state index in [1.54, 1.807) is 0 Å². The fraction of sp³-hybridized carbons (Fsp3) is 0.280. The average Bonchev–Trinajstić information content (AvgIpc) is 2.72. The van der Waals surface area contributed by atoms with Gasteiger partial charge in [0.25, 0.3) is 8.32 Å². The van der Waals surface area contributed by atoms with Crippen LogP contribution in [0.1, 0.15) is 32.3 Å². The predicted octanol–water partition coefficient (Wildman–Crippen LogP) is 4.34. The average molecular weight is 391 g/mol. The van der Waals surface area contributed by atoms with Crippen LogP contribution in [-0.4, -0.2) is 26.6 Å². The van der Waals surface area contributed by atoms with E-state index in [9.17, 15) is 5.11 Å². The molecular formula is C25H30O2Si. The van der Waals surface area contributed by atoms with Gasteiger partial charge < -0.3 is 9.53 Å². The van der Waals surface area contributed by atoms with Crippen molar-refractivity contribution < 1.29 is 9.53 Å². The maximum absolute atomic E-state index is 10.1. The van der Waals surface area contributed by atoms with Gasteiger partial charge >= 0.3 is 0 Å². The van der Waals surface area contributed by atoms with E-state index in [1.807, 2.05) is 18.2 Å². The molecule has 0 aliphatic heterocycles. The van der Waals surface area contributed by atoms with Crippen molar-refractivity contribution >= 4 is 18.7 Å². The summed E-state index contributed by atoms with van der Waals surface area (Å²) < 4.78 is 6.95. The van der Waals surface area contributed by atoms with Gasteiger partial charge in [0.15, 0.2) is 0 Å². The zero-order valence-electron chi connectivity index (χ0n) is 17.0. The van der Waals surface area contributed by atoms with Crippen molar-refractivity contribution in [2.45, 2.75) is 31.7 Å². The number of benzene rings is 3. The van der Waals surface area contributed by atoms with Gasteiger partial charge in [-0.15, -0.1) is 0 Å². The van der Waals surface area contributed by atoms with Crippen LogP contribution in [0.5, 0.6) is 0 Å². The first-order chi connectivity index (χ1) is 13.5. The summed E-state index contributed by atoms with van der Waals surface area (Å²) in [6.45, 7) is 7.39. The van der Waals surface area contributed by atoms with E-state index in [0.717, 1.165) is 5.56 Å². The molecule has 1 unspecified atom stereocenters. The summed E-state index contributed by atoms with van der Waals surface area (Å²) in [5.41, 5.74) is 1.11. The van der Waals surface area contributed by atoms with Crippen molar-refractivity contribution in [2.24, 2.45) is 0 Å². The first kappa shape index (κ1) is 20.5. The molecule has 3 aromatic carbocycles. The molecule has 0 spiro atoms. The molecule has 28 heavy (non-hydrogen) atoms. The molecule has 0 saturated heterocycles. The van der Waals surface area contributed by atoms with Gasteiger partial charge in [-0.3, -0.25) is 0 Å². The first-order valence-corrected chi connectivity index (χ1v) is 11.8. The van der Waals surface area contributed by atoms with Gasteiger partial charge in [-0.25, -0.2) is 0 Å². The highest BCUT2D eigenvalue weighted by molar-refractivity contribution is 6.99. The Labute approximate surface area is 170 Å². The lowest BCUT2D eigenvalue weighted by Gasteiger charge is -2.43. The maximum atomic E-state index is 10.1. The molecule has 0 bridgehead atoms. The van der Waals surface area contributed by atoms with Crippen LogP contribution in [0.3, 0.4) is 0 Å². The fourth-order valence-corrected chi connectivity index (χ4v) is 8.57. The first-order valence-electron chi connectivity index (χ1n) is 9.90. The van der Waals surface area contributed by atoms with E-state index in [-0.39, 0.29) is 17.6 Å². The number of aliphatic hydroxyl groups excluding tert-OH is 1. The quantitative estimate of drug-likeness (QED) is 0.608. The number of rotatable bonds is 7. The lowest BCUT2D eigenvalue weighted by Crippen LogP contribution is -2.66. The molecule has 0 aliphatic rings. The summed E-state index contributed by atoms with van der Waals surface area (Å²) in [5.74, 6) is -0.0390. The molecule has 3 aromatic rings. The van der Waals surface area contributed by atoms with Crippen LogP contribution in [0.4, 0.5) is 0 Å². The third-order valence-electron chi connectivity index (χ3n) is 5.41. The molecule has 3 heteroatoms. The summed E-state index contributed by atoms with van der Waals surface area (Å²) in [6, 6.07) is 31.4. The molecule has 1 N–H and O–H groups in total. The smallest absolute Gasteiger partial charge is 0.261 e. The van der Waals surface area contributed by atoms with Crippen LogP contribution in [0.2, 0.25) is 5.04 Å². The Morgan fingerprint density at radius 2 is 1.18 bits per heavy atom. The highest BCUT2D eigenvalue weighted by Gasteiger charge is 2.50. The second-order valence-corrected chi connectivity index (χ2v) is 12.6. The van der Waals surface area contributed by atoms with Gasteiger partial charge in [0.1, 0.15) is 0 Å². The Kier molecular flexibility index (Phi) is 6.50. The number of aliphatic hydroxyl groups is 1. The number of hydrogen-bond acceptors (Lipinski definition) is 2. The van der Waals surface area contributed by atoms with Crippen LogP contribution < -0.4 is 10.4 Å². The topological polar surface area (TPSA) is 29.5 Å². The van der Waals surface area contributed by atoms with Gasteiger partial charge in [0.2, 0.25) is 0 Å². The van der Waals surface area contributed by atoms with Crippen LogP contribution in [0, 0.1) is 0 Å². The lowest BCUT2D eigenvalue weighted by molar-refractivity contribution is 0.198. The molecule has 0 aromatic heterocycles. The minimum absolute atomic E-state index is 0.0390. The SMILES string of the molecule is CC(C)(C)[Si](OCC(CO)c1ccccc1)(c1ccccc1)c1ccccc1. The van der Waals surface area contributed by atoms with E-state index in [2.05, 4.69) is 93.6 Å². The van der Waals surface area contributed by atoms with Crippen molar-refractivity contribution in [1.29, 1.82) is 0 Å². The Morgan fingerprint density at radius 1 is 0.750 bits per heavy atom. The lowest BCUT2D eigenvalue weighted by atomic mass is 10.0. The van der Waals surface area contributed by atoms with Crippen molar-refractivity contribution in [3.8, 4) is 0 Å². The summed E-state index contributed by atoms with van der Waals surface area (Å²) >= 11 is 0. The zero-order valence-corrected chi connectivity index (χ0v) is 18.0. The van der Waals surface area contributed by atoms with Crippen molar-refractivity contribution in [1.82, 2.24) is 0 Å². The molecule has 0 heterocycles. The maximum Gasteiger partial charge on any atom is 0.261 e. The van der Waals surface area contributed by atoms with E-state index >= 15 is 0 Å². The normalized spacial score (nSPS) is 13.3. The molecular weight excluding hydrogens is 360 g/mol. The standard InChI is InChI=1S/C25H30O2Si/c1-25(2,3)28(23-15-9-5-10-16-23,24-17-11-6-12-18-24)27-20-22(19-26)21-13-7-4-8-14-21/h4-18,22,26H,19-20H2,1-3H3. The van der Waals surface area contributed by atoms with Crippen molar-refractivity contribution in [2.75, 3.05) is 13.2 Å². The van der Waals surface area contributed by atoms with Gasteiger partial charge in [-0.05, 0) is 21.0 Å². The van der Waals surface area contributed by atoms with Crippen LogP contribution in [-0.2, 0) is 4.43 Å². The molecule has 0 amide bonds. The third kappa shape index (κ3) is 4.12. The molecule has 2 nitrogen and oxygen atoms in total. The fourth-order valence-electron chi connectivity index (χ4n) is 3.97. The van der Waals surface area contributed by atoms with E-state index in [1.165, 1.54) is 10.4 Å². The minimum atomic E-state index is -2.57. The summed E-state index contributed by atoms with van der Waals surface area (Å²) in [4.78, 5) is 0. The Morgan fingerprint density at radius 3 is 1.57 bits per heavy atom. The van der Waals surface area contributed by atoms with Gasteiger partial charge in [0.05, 0.1) is 6.61 Å². The van der Waals surface area contributed by atoms with Gasteiger partial charge in [-0.2, -0.15) is 0 Å². The van der Waals surface area contributed by atoms with Crippen LogP contribution >= 0.6 is 0 Å². The summed E-state index contributed by atoms with van der Waals surface area (Å²) in [7, 11) is -2.57. The summed E-state index contributed by atoms with van der Waals surface area (Å²) in [5, 5.41) is 12.5. The molecule has 0 aliphatic carbocycles. The highest BCUT2D eigenvalue weighted by atomic mass is 28.4. The molecule has 146 valence electrons. The van der Waals surface area contributed by atoms with Crippen LogP contribution in [0.25, 0.3) is 0 Å².